The number of halogens is 1. The van der Waals surface area contributed by atoms with Gasteiger partial charge in [-0.2, -0.15) is 5.10 Å². The first kappa shape index (κ1) is 21.5. The highest BCUT2D eigenvalue weighted by Crippen LogP contribution is 2.33. The summed E-state index contributed by atoms with van der Waals surface area (Å²) in [5, 5.41) is 26.0. The van der Waals surface area contributed by atoms with Gasteiger partial charge in [-0.05, 0) is 44.1 Å². The standard InChI is InChI=1S/C18H18ClN3.C4H4O4/c19-15-6-2-4-8-17(15)22-16-7-3-1-5-14(16)18(21-22)13-9-11-20-12-10-13;5-3(6)1-2-4(7)8/h1-8,13,20H,9-12H2;1-2H,(H,5,6)(H,7,8)/b;2-1+. The van der Waals surface area contributed by atoms with E-state index in [0.29, 0.717) is 18.1 Å². The number of carboxylic acid groups (broad SMARTS) is 2. The average molecular weight is 428 g/mol. The zero-order valence-corrected chi connectivity index (χ0v) is 16.9. The van der Waals surface area contributed by atoms with E-state index in [4.69, 9.17) is 26.9 Å². The van der Waals surface area contributed by atoms with Gasteiger partial charge in [-0.25, -0.2) is 14.3 Å². The number of hydrogen-bond acceptors (Lipinski definition) is 4. The molecule has 30 heavy (non-hydrogen) atoms. The molecule has 0 saturated carbocycles. The highest BCUT2D eigenvalue weighted by molar-refractivity contribution is 6.32. The molecule has 1 saturated heterocycles. The zero-order valence-electron chi connectivity index (χ0n) is 16.2. The molecule has 2 aromatic carbocycles. The Kier molecular flexibility index (Phi) is 7.21. The van der Waals surface area contributed by atoms with Crippen molar-refractivity contribution in [2.45, 2.75) is 18.8 Å². The van der Waals surface area contributed by atoms with E-state index in [2.05, 4.69) is 29.6 Å². The second-order valence-electron chi connectivity index (χ2n) is 6.80. The van der Waals surface area contributed by atoms with Crippen molar-refractivity contribution in [3.05, 3.63) is 71.4 Å². The van der Waals surface area contributed by atoms with Crippen molar-refractivity contribution in [1.29, 1.82) is 0 Å². The Balaban J connectivity index is 0.000000275. The topological polar surface area (TPSA) is 104 Å². The Bertz CT molecular complexity index is 1060. The number of nitrogens with zero attached hydrogens (tertiary/aromatic N) is 2. The molecule has 156 valence electrons. The van der Waals surface area contributed by atoms with Crippen LogP contribution in [0.25, 0.3) is 16.6 Å². The number of aliphatic carboxylic acids is 2. The summed E-state index contributed by atoms with van der Waals surface area (Å²) in [7, 11) is 0. The van der Waals surface area contributed by atoms with Gasteiger partial charge < -0.3 is 15.5 Å². The fourth-order valence-electron chi connectivity index (χ4n) is 3.44. The molecule has 0 radical (unpaired) electrons. The maximum absolute atomic E-state index is 9.55. The van der Waals surface area contributed by atoms with Crippen LogP contribution in [0.2, 0.25) is 5.02 Å². The number of carboxylic acids is 2. The van der Waals surface area contributed by atoms with Crippen LogP contribution in [0.1, 0.15) is 24.5 Å². The van der Waals surface area contributed by atoms with Gasteiger partial charge >= 0.3 is 11.9 Å². The summed E-state index contributed by atoms with van der Waals surface area (Å²) < 4.78 is 2.00. The molecular weight excluding hydrogens is 406 g/mol. The molecule has 1 aromatic heterocycles. The molecule has 3 aromatic rings. The minimum atomic E-state index is -1.26. The molecule has 0 bridgehead atoms. The first-order valence-electron chi connectivity index (χ1n) is 9.54. The van der Waals surface area contributed by atoms with Crippen LogP contribution in [0.5, 0.6) is 0 Å². The normalized spacial score (nSPS) is 14.4. The molecule has 0 amide bonds. The van der Waals surface area contributed by atoms with E-state index in [9.17, 15) is 9.59 Å². The van der Waals surface area contributed by atoms with E-state index in [1.165, 1.54) is 11.1 Å². The number of aromatic nitrogens is 2. The van der Waals surface area contributed by atoms with E-state index in [1.54, 1.807) is 0 Å². The second kappa shape index (κ2) is 10.0. The van der Waals surface area contributed by atoms with Crippen molar-refractivity contribution in [3.8, 4) is 5.69 Å². The van der Waals surface area contributed by atoms with E-state index < -0.39 is 11.9 Å². The molecular formula is C22H22ClN3O4. The molecule has 1 aliphatic heterocycles. The molecule has 0 aliphatic carbocycles. The lowest BCUT2D eigenvalue weighted by molar-refractivity contribution is -0.134. The molecule has 1 aliphatic rings. The van der Waals surface area contributed by atoms with Crippen molar-refractivity contribution in [3.63, 3.8) is 0 Å². The molecule has 0 spiro atoms. The Labute approximate surface area is 178 Å². The fraction of sp³-hybridized carbons (Fsp3) is 0.227. The maximum atomic E-state index is 9.55. The van der Waals surface area contributed by atoms with Gasteiger partial charge in [0.05, 0.1) is 21.9 Å². The third-order valence-corrected chi connectivity index (χ3v) is 5.11. The van der Waals surface area contributed by atoms with Crippen LogP contribution < -0.4 is 5.32 Å². The van der Waals surface area contributed by atoms with Crippen LogP contribution in [-0.2, 0) is 9.59 Å². The highest BCUT2D eigenvalue weighted by Gasteiger charge is 2.22. The van der Waals surface area contributed by atoms with Crippen LogP contribution in [0, 0.1) is 0 Å². The first-order valence-corrected chi connectivity index (χ1v) is 9.92. The third kappa shape index (κ3) is 5.25. The van der Waals surface area contributed by atoms with Crippen molar-refractivity contribution in [2.75, 3.05) is 13.1 Å². The van der Waals surface area contributed by atoms with Gasteiger partial charge in [-0.15, -0.1) is 0 Å². The van der Waals surface area contributed by atoms with Crippen molar-refractivity contribution >= 4 is 34.4 Å². The highest BCUT2D eigenvalue weighted by atomic mass is 35.5. The number of hydrogen-bond donors (Lipinski definition) is 3. The summed E-state index contributed by atoms with van der Waals surface area (Å²) in [6.45, 7) is 2.13. The van der Waals surface area contributed by atoms with Crippen LogP contribution in [0.15, 0.2) is 60.7 Å². The van der Waals surface area contributed by atoms with Gasteiger partial charge in [0.1, 0.15) is 0 Å². The monoisotopic (exact) mass is 427 g/mol. The Morgan fingerprint density at radius 3 is 2.23 bits per heavy atom. The van der Waals surface area contributed by atoms with E-state index in [-0.39, 0.29) is 0 Å². The zero-order chi connectivity index (χ0) is 21.5. The Morgan fingerprint density at radius 1 is 1.00 bits per heavy atom. The molecule has 4 rings (SSSR count). The molecule has 0 atom stereocenters. The Morgan fingerprint density at radius 2 is 1.60 bits per heavy atom. The number of piperidine rings is 1. The number of para-hydroxylation sites is 2. The third-order valence-electron chi connectivity index (χ3n) is 4.79. The number of nitrogens with one attached hydrogen (secondary N) is 1. The minimum absolute atomic E-state index is 0.523. The number of rotatable bonds is 4. The van der Waals surface area contributed by atoms with Gasteiger partial charge in [0, 0.05) is 23.5 Å². The van der Waals surface area contributed by atoms with Gasteiger partial charge in [-0.1, -0.05) is 41.9 Å². The predicted octanol–water partition coefficient (Wildman–Crippen LogP) is 3.86. The van der Waals surface area contributed by atoms with Crippen LogP contribution in [0.3, 0.4) is 0 Å². The second-order valence-corrected chi connectivity index (χ2v) is 7.21. The maximum Gasteiger partial charge on any atom is 0.328 e. The minimum Gasteiger partial charge on any atom is -0.478 e. The quantitative estimate of drug-likeness (QED) is 0.546. The molecule has 3 N–H and O–H groups in total. The summed E-state index contributed by atoms with van der Waals surface area (Å²) in [4.78, 5) is 19.1. The number of benzene rings is 2. The van der Waals surface area contributed by atoms with E-state index >= 15 is 0 Å². The van der Waals surface area contributed by atoms with Gasteiger partial charge in [0.2, 0.25) is 0 Å². The summed E-state index contributed by atoms with van der Waals surface area (Å²) in [6.07, 6.45) is 3.40. The summed E-state index contributed by atoms with van der Waals surface area (Å²) >= 11 is 6.38. The van der Waals surface area contributed by atoms with Gasteiger partial charge in [0.25, 0.3) is 0 Å². The molecule has 1 fully saturated rings. The van der Waals surface area contributed by atoms with Crippen molar-refractivity contribution in [1.82, 2.24) is 15.1 Å². The van der Waals surface area contributed by atoms with Crippen LogP contribution in [0.4, 0.5) is 0 Å². The van der Waals surface area contributed by atoms with Crippen LogP contribution in [-0.4, -0.2) is 45.0 Å². The number of fused-ring (bicyclic) bond motifs is 1. The summed E-state index contributed by atoms with van der Waals surface area (Å²) in [5.74, 6) is -1.99. The van der Waals surface area contributed by atoms with E-state index in [0.717, 1.165) is 42.2 Å². The molecule has 0 unspecified atom stereocenters. The van der Waals surface area contributed by atoms with E-state index in [1.807, 2.05) is 28.9 Å². The SMILES string of the molecule is Clc1ccccc1-n1nc(C2CCNCC2)c2ccccc21.O=C(O)/C=C/C(=O)O. The lowest BCUT2D eigenvalue weighted by Gasteiger charge is -2.21. The summed E-state index contributed by atoms with van der Waals surface area (Å²) in [5.41, 5.74) is 3.28. The molecule has 7 nitrogen and oxygen atoms in total. The average Bonchev–Trinajstić information content (AvgIpc) is 3.13. The largest absolute Gasteiger partial charge is 0.478 e. The predicted molar refractivity (Wildman–Crippen MR) is 115 cm³/mol. The molecule has 8 heteroatoms. The van der Waals surface area contributed by atoms with Crippen LogP contribution >= 0.6 is 11.6 Å². The fourth-order valence-corrected chi connectivity index (χ4v) is 3.65. The van der Waals surface area contributed by atoms with Crippen molar-refractivity contribution < 1.29 is 19.8 Å². The smallest absolute Gasteiger partial charge is 0.328 e. The van der Waals surface area contributed by atoms with Gasteiger partial charge in [-0.3, -0.25) is 0 Å². The lowest BCUT2D eigenvalue weighted by Crippen LogP contribution is -2.26. The lowest BCUT2D eigenvalue weighted by atomic mass is 9.93. The molecule has 2 heterocycles. The van der Waals surface area contributed by atoms with Gasteiger partial charge in [0.15, 0.2) is 0 Å². The summed E-state index contributed by atoms with van der Waals surface area (Å²) in [6, 6.07) is 16.3. The number of carbonyl (C=O) groups is 2. The Hall–Kier alpha value is -3.16. The van der Waals surface area contributed by atoms with Crippen molar-refractivity contribution in [2.24, 2.45) is 0 Å². The first-order chi connectivity index (χ1) is 14.5.